The molecule has 2 aromatic heterocycles. The average molecular weight is 715 g/mol. The molecule has 3 aromatic carbocycles. The van der Waals surface area contributed by atoms with E-state index >= 15 is 0 Å². The number of nitro benzene ring substituents is 2. The lowest BCUT2D eigenvalue weighted by atomic mass is 9.97. The Labute approximate surface area is 296 Å². The number of nitro groups is 2. The van der Waals surface area contributed by atoms with Crippen molar-refractivity contribution < 1.29 is 38.3 Å². The first-order chi connectivity index (χ1) is 25.3. The molecule has 5 aromatic rings. The first-order valence-corrected chi connectivity index (χ1v) is 16.3. The Kier molecular flexibility index (Phi) is 10.6. The fourth-order valence-corrected chi connectivity index (χ4v) is 6.03. The number of non-ortho nitro benzene ring substituents is 2. The van der Waals surface area contributed by atoms with E-state index in [0.717, 1.165) is 16.7 Å². The largest absolute Gasteiger partial charge is 0.366 e. The molecule has 18 heteroatoms. The molecule has 6 atom stereocenters. The minimum atomic E-state index is -0.848. The first-order valence-electron chi connectivity index (χ1n) is 16.3. The zero-order valence-electron chi connectivity index (χ0n) is 27.8. The molecule has 4 heterocycles. The Morgan fingerprint density at radius 3 is 1.81 bits per heavy atom. The molecule has 52 heavy (non-hydrogen) atoms. The van der Waals surface area contributed by atoms with Crippen LogP contribution in [0.15, 0.2) is 91.3 Å². The maximum absolute atomic E-state index is 11.0. The van der Waals surface area contributed by atoms with Gasteiger partial charge < -0.3 is 28.4 Å². The number of hydrogen-bond donors (Lipinski definition) is 0. The van der Waals surface area contributed by atoms with Crippen LogP contribution in [-0.4, -0.2) is 84.3 Å². The Balaban J connectivity index is 1.06. The lowest BCUT2D eigenvalue weighted by molar-refractivity contribution is -0.385. The summed E-state index contributed by atoms with van der Waals surface area (Å²) in [4.78, 5) is 21.1. The van der Waals surface area contributed by atoms with Crippen LogP contribution in [0.3, 0.4) is 0 Å². The second-order valence-corrected chi connectivity index (χ2v) is 12.2. The molecular formula is C34H34N8O10. The normalized spacial score (nSPS) is 22.9. The summed E-state index contributed by atoms with van der Waals surface area (Å²) >= 11 is 0. The number of hydrogen-bond acceptors (Lipinski definition) is 14. The number of fused-ring (bicyclic) bond motifs is 1. The molecule has 2 fully saturated rings. The SMILES string of the molecule is COC1OC2COC(c3ccccc3)OC2C(OCc2cn(Cc3ccc([N+](=O)[O-])cc3)nn2)C1OCc1cn(Cc2ccc([N+](=O)[O-])cc2)nn1. The number of methoxy groups -OCH3 is 1. The van der Waals surface area contributed by atoms with Gasteiger partial charge >= 0.3 is 0 Å². The minimum absolute atomic E-state index is 0.00768. The van der Waals surface area contributed by atoms with Crippen molar-refractivity contribution in [3.8, 4) is 0 Å². The monoisotopic (exact) mass is 714 g/mol. The summed E-state index contributed by atoms with van der Waals surface area (Å²) in [7, 11) is 1.51. The number of benzene rings is 3. The van der Waals surface area contributed by atoms with Crippen LogP contribution in [0.2, 0.25) is 0 Å². The molecule has 2 aliphatic heterocycles. The molecule has 0 radical (unpaired) electrons. The standard InChI is InChI=1S/C34H34N8O10/c1-47-34-32(49-20-26-18-40(38-36-26)16-23-9-13-28(14-10-23)42(45)46)31(30-29(51-34)21-50-33(52-30)24-5-3-2-4-6-24)48-19-25-17-39(37-35-25)15-22-7-11-27(12-8-22)41(43)44/h2-14,17-18,29-34H,15-16,19-21H2,1H3. The van der Waals surface area contributed by atoms with Crippen LogP contribution in [0.5, 0.6) is 0 Å². The van der Waals surface area contributed by atoms with Crippen LogP contribution in [0.1, 0.15) is 34.4 Å². The van der Waals surface area contributed by atoms with Crippen molar-refractivity contribution in [3.05, 3.63) is 140 Å². The highest BCUT2D eigenvalue weighted by molar-refractivity contribution is 5.33. The summed E-state index contributed by atoms with van der Waals surface area (Å²) in [5, 5.41) is 38.9. The van der Waals surface area contributed by atoms with E-state index in [1.165, 1.54) is 31.4 Å². The van der Waals surface area contributed by atoms with E-state index in [-0.39, 0.29) is 31.2 Å². The Bertz CT molecular complexity index is 1960. The van der Waals surface area contributed by atoms with Crippen LogP contribution in [0.4, 0.5) is 11.4 Å². The van der Waals surface area contributed by atoms with Gasteiger partial charge in [0.2, 0.25) is 0 Å². The molecule has 6 unspecified atom stereocenters. The third-order valence-electron chi connectivity index (χ3n) is 8.59. The van der Waals surface area contributed by atoms with Crippen molar-refractivity contribution in [1.82, 2.24) is 30.0 Å². The summed E-state index contributed by atoms with van der Waals surface area (Å²) in [6, 6.07) is 22.0. The highest BCUT2D eigenvalue weighted by atomic mass is 16.8. The molecule has 0 bridgehead atoms. The Hall–Kier alpha value is -5.50. The quantitative estimate of drug-likeness (QED) is 0.119. The molecule has 0 saturated carbocycles. The predicted molar refractivity (Wildman–Crippen MR) is 177 cm³/mol. The predicted octanol–water partition coefficient (Wildman–Crippen LogP) is 3.74. The minimum Gasteiger partial charge on any atom is -0.366 e. The van der Waals surface area contributed by atoms with Gasteiger partial charge in [0, 0.05) is 36.9 Å². The third-order valence-corrected chi connectivity index (χ3v) is 8.59. The van der Waals surface area contributed by atoms with Gasteiger partial charge in [0.15, 0.2) is 12.6 Å². The fraction of sp³-hybridized carbons (Fsp3) is 0.353. The van der Waals surface area contributed by atoms with Gasteiger partial charge in [-0.2, -0.15) is 0 Å². The van der Waals surface area contributed by atoms with Gasteiger partial charge in [-0.1, -0.05) is 65.0 Å². The van der Waals surface area contributed by atoms with Crippen LogP contribution in [0, 0.1) is 20.2 Å². The maximum Gasteiger partial charge on any atom is 0.269 e. The Morgan fingerprint density at radius 1 is 0.750 bits per heavy atom. The van der Waals surface area contributed by atoms with E-state index in [2.05, 4.69) is 20.6 Å². The zero-order chi connectivity index (χ0) is 36.0. The van der Waals surface area contributed by atoms with Gasteiger partial charge in [-0.05, 0) is 11.1 Å². The topological polar surface area (TPSA) is 203 Å². The summed E-state index contributed by atoms with van der Waals surface area (Å²) in [6.45, 7) is 1.02. The van der Waals surface area contributed by atoms with Crippen molar-refractivity contribution in [2.45, 2.75) is 63.3 Å². The molecule has 0 aliphatic carbocycles. The van der Waals surface area contributed by atoms with Crippen molar-refractivity contribution in [3.63, 3.8) is 0 Å². The van der Waals surface area contributed by atoms with Crippen molar-refractivity contribution in [2.24, 2.45) is 0 Å². The molecule has 7 rings (SSSR count). The fourth-order valence-electron chi connectivity index (χ4n) is 6.03. The summed E-state index contributed by atoms with van der Waals surface area (Å²) in [5.41, 5.74) is 3.56. The first kappa shape index (κ1) is 34.9. The number of aromatic nitrogens is 6. The van der Waals surface area contributed by atoms with Crippen molar-refractivity contribution in [1.29, 1.82) is 0 Å². The summed E-state index contributed by atoms with van der Waals surface area (Å²) in [6.07, 6.45) is -0.699. The molecule has 18 nitrogen and oxygen atoms in total. The number of nitrogens with zero attached hydrogens (tertiary/aromatic N) is 8. The van der Waals surface area contributed by atoms with Crippen LogP contribution in [-0.2, 0) is 54.7 Å². The second kappa shape index (κ2) is 15.8. The maximum atomic E-state index is 11.0. The van der Waals surface area contributed by atoms with Crippen molar-refractivity contribution >= 4 is 11.4 Å². The molecule has 0 amide bonds. The van der Waals surface area contributed by atoms with Gasteiger partial charge in [-0.15, -0.1) is 10.2 Å². The van der Waals surface area contributed by atoms with E-state index in [4.69, 9.17) is 28.4 Å². The molecule has 0 N–H and O–H groups in total. The highest BCUT2D eigenvalue weighted by Crippen LogP contribution is 2.37. The Morgan fingerprint density at radius 2 is 1.29 bits per heavy atom. The van der Waals surface area contributed by atoms with E-state index in [9.17, 15) is 20.2 Å². The van der Waals surface area contributed by atoms with Crippen LogP contribution in [0.25, 0.3) is 0 Å². The number of ether oxygens (including phenoxy) is 6. The second-order valence-electron chi connectivity index (χ2n) is 12.2. The smallest absolute Gasteiger partial charge is 0.269 e. The zero-order valence-corrected chi connectivity index (χ0v) is 27.8. The van der Waals surface area contributed by atoms with Crippen LogP contribution < -0.4 is 0 Å². The van der Waals surface area contributed by atoms with Gasteiger partial charge in [0.1, 0.15) is 35.8 Å². The molecule has 270 valence electrons. The van der Waals surface area contributed by atoms with E-state index in [1.807, 2.05) is 30.3 Å². The molecule has 0 spiro atoms. The van der Waals surface area contributed by atoms with Crippen molar-refractivity contribution in [2.75, 3.05) is 13.7 Å². The highest BCUT2D eigenvalue weighted by Gasteiger charge is 2.51. The van der Waals surface area contributed by atoms with Gasteiger partial charge in [-0.25, -0.2) is 9.36 Å². The molecule has 2 aliphatic rings. The summed E-state index contributed by atoms with van der Waals surface area (Å²) in [5.74, 6) is 0. The number of rotatable bonds is 14. The van der Waals surface area contributed by atoms with Crippen LogP contribution >= 0.6 is 0 Å². The summed E-state index contributed by atoms with van der Waals surface area (Å²) < 4.78 is 40.7. The molecular weight excluding hydrogens is 680 g/mol. The van der Waals surface area contributed by atoms with E-state index in [0.29, 0.717) is 24.5 Å². The third kappa shape index (κ3) is 8.17. The molecule has 2 saturated heterocycles. The lowest BCUT2D eigenvalue weighted by Crippen LogP contribution is -2.63. The average Bonchev–Trinajstić information content (AvgIpc) is 3.82. The lowest BCUT2D eigenvalue weighted by Gasteiger charge is -2.48. The van der Waals surface area contributed by atoms with E-state index in [1.54, 1.807) is 46.0 Å². The van der Waals surface area contributed by atoms with E-state index < -0.39 is 46.8 Å². The van der Waals surface area contributed by atoms with Gasteiger partial charge in [-0.3, -0.25) is 20.2 Å². The van der Waals surface area contributed by atoms with Gasteiger partial charge in [0.05, 0.1) is 55.2 Å². The van der Waals surface area contributed by atoms with Gasteiger partial charge in [0.25, 0.3) is 11.4 Å².